The van der Waals surface area contributed by atoms with Crippen molar-refractivity contribution in [3.63, 3.8) is 0 Å². The van der Waals surface area contributed by atoms with E-state index in [-0.39, 0.29) is 6.04 Å². The van der Waals surface area contributed by atoms with Crippen molar-refractivity contribution in [2.75, 3.05) is 19.5 Å². The van der Waals surface area contributed by atoms with Gasteiger partial charge in [0.15, 0.2) is 0 Å². The van der Waals surface area contributed by atoms with Crippen LogP contribution >= 0.6 is 11.8 Å². The van der Waals surface area contributed by atoms with Gasteiger partial charge < -0.3 is 4.90 Å². The second-order valence-corrected chi connectivity index (χ2v) is 7.80. The predicted molar refractivity (Wildman–Crippen MR) is 82.3 cm³/mol. The third-order valence-corrected chi connectivity index (χ3v) is 5.93. The maximum absolute atomic E-state index is 12.4. The Balaban J connectivity index is 1.93. The Hall–Kier alpha value is -0.220. The van der Waals surface area contributed by atoms with Gasteiger partial charge in [-0.05, 0) is 31.4 Å². The molecule has 1 aliphatic carbocycles. The number of nitrogens with one attached hydrogen (secondary N) is 1. The van der Waals surface area contributed by atoms with Crippen molar-refractivity contribution in [3.8, 4) is 0 Å². The molecule has 1 unspecified atom stereocenters. The quantitative estimate of drug-likeness (QED) is 0.842. The Labute approximate surface area is 121 Å². The van der Waals surface area contributed by atoms with E-state index in [4.69, 9.17) is 0 Å². The average Bonchev–Trinajstić information content (AvgIpc) is 2.72. The standard InChI is InChI=1S/C15H28N2OS/c1-12(2)9-13-14(18)17(11-16-13)10-15(19-3)7-5-4-6-8-15/h12-13,16H,4-11H2,1-3H3. The second-order valence-electron chi connectivity index (χ2n) is 6.53. The van der Waals surface area contributed by atoms with Gasteiger partial charge >= 0.3 is 0 Å². The maximum Gasteiger partial charge on any atom is 0.240 e. The summed E-state index contributed by atoms with van der Waals surface area (Å²) in [5, 5.41) is 3.39. The van der Waals surface area contributed by atoms with Crippen molar-refractivity contribution in [2.24, 2.45) is 5.92 Å². The zero-order valence-corrected chi connectivity index (χ0v) is 13.4. The number of carbonyl (C=O) groups excluding carboxylic acids is 1. The second kappa shape index (κ2) is 6.49. The first-order chi connectivity index (χ1) is 9.06. The molecule has 0 aromatic carbocycles. The maximum atomic E-state index is 12.4. The van der Waals surface area contributed by atoms with Crippen LogP contribution in [0.15, 0.2) is 0 Å². The first-order valence-corrected chi connectivity index (χ1v) is 8.86. The minimum absolute atomic E-state index is 0.0579. The molecule has 1 amide bonds. The third-order valence-electron chi connectivity index (χ3n) is 4.52. The summed E-state index contributed by atoms with van der Waals surface area (Å²) in [6, 6.07) is 0.0579. The lowest BCUT2D eigenvalue weighted by Crippen LogP contribution is -2.43. The summed E-state index contributed by atoms with van der Waals surface area (Å²) in [7, 11) is 0. The van der Waals surface area contributed by atoms with Crippen molar-refractivity contribution < 1.29 is 4.79 Å². The fraction of sp³-hybridized carbons (Fsp3) is 0.933. The van der Waals surface area contributed by atoms with Gasteiger partial charge in [-0.1, -0.05) is 33.1 Å². The fourth-order valence-electron chi connectivity index (χ4n) is 3.37. The van der Waals surface area contributed by atoms with Gasteiger partial charge in [0.25, 0.3) is 0 Å². The number of hydrogen-bond donors (Lipinski definition) is 1. The number of carbonyl (C=O) groups is 1. The van der Waals surface area contributed by atoms with Crippen LogP contribution in [0, 0.1) is 5.92 Å². The highest BCUT2D eigenvalue weighted by Crippen LogP contribution is 2.39. The van der Waals surface area contributed by atoms with Crippen LogP contribution in [0.25, 0.3) is 0 Å². The third kappa shape index (κ3) is 3.66. The first kappa shape index (κ1) is 15.2. The minimum Gasteiger partial charge on any atom is -0.327 e. The molecule has 0 spiro atoms. The van der Waals surface area contributed by atoms with Gasteiger partial charge in [0, 0.05) is 11.3 Å². The van der Waals surface area contributed by atoms with Crippen LogP contribution in [0.5, 0.6) is 0 Å². The molecule has 2 fully saturated rings. The van der Waals surface area contributed by atoms with Crippen LogP contribution in [-0.4, -0.2) is 41.1 Å². The van der Waals surface area contributed by atoms with Gasteiger partial charge in [-0.3, -0.25) is 10.1 Å². The molecule has 2 aliphatic rings. The Kier molecular flexibility index (Phi) is 5.18. The highest BCUT2D eigenvalue weighted by molar-refractivity contribution is 8.00. The first-order valence-electron chi connectivity index (χ1n) is 7.64. The van der Waals surface area contributed by atoms with E-state index >= 15 is 0 Å². The summed E-state index contributed by atoms with van der Waals surface area (Å²) in [5.74, 6) is 0.901. The lowest BCUT2D eigenvalue weighted by atomic mass is 9.88. The molecule has 3 nitrogen and oxygen atoms in total. The van der Waals surface area contributed by atoms with Gasteiger partial charge in [-0.2, -0.15) is 11.8 Å². The highest BCUT2D eigenvalue weighted by atomic mass is 32.2. The van der Waals surface area contributed by atoms with Crippen LogP contribution in [0.3, 0.4) is 0 Å². The summed E-state index contributed by atoms with van der Waals surface area (Å²) >= 11 is 1.98. The molecular formula is C15H28N2OS. The molecule has 1 atom stereocenters. The summed E-state index contributed by atoms with van der Waals surface area (Å²) in [6.45, 7) is 6.05. The van der Waals surface area contributed by atoms with Crippen molar-refractivity contribution >= 4 is 17.7 Å². The van der Waals surface area contributed by atoms with E-state index in [9.17, 15) is 4.79 Å². The van der Waals surface area contributed by atoms with E-state index in [0.29, 0.717) is 16.6 Å². The molecule has 1 saturated heterocycles. The summed E-state index contributed by atoms with van der Waals surface area (Å²) < 4.78 is 0.322. The summed E-state index contributed by atoms with van der Waals surface area (Å²) in [5.41, 5.74) is 0. The molecule has 1 saturated carbocycles. The molecule has 19 heavy (non-hydrogen) atoms. The molecule has 110 valence electrons. The number of amides is 1. The van der Waals surface area contributed by atoms with Gasteiger partial charge in [0.05, 0.1) is 12.7 Å². The largest absolute Gasteiger partial charge is 0.327 e. The van der Waals surface area contributed by atoms with Gasteiger partial charge in [0.2, 0.25) is 5.91 Å². The van der Waals surface area contributed by atoms with E-state index < -0.39 is 0 Å². The molecule has 0 bridgehead atoms. The van der Waals surface area contributed by atoms with Crippen molar-refractivity contribution in [2.45, 2.75) is 63.2 Å². The summed E-state index contributed by atoms with van der Waals surface area (Å²) in [6.07, 6.45) is 9.73. The topological polar surface area (TPSA) is 32.3 Å². The SMILES string of the molecule is CSC1(CN2CNC(CC(C)C)C2=O)CCCCC1. The van der Waals surface area contributed by atoms with Crippen LogP contribution in [0.2, 0.25) is 0 Å². The van der Waals surface area contributed by atoms with Crippen LogP contribution < -0.4 is 5.32 Å². The average molecular weight is 284 g/mol. The number of nitrogens with zero attached hydrogens (tertiary/aromatic N) is 1. The highest BCUT2D eigenvalue weighted by Gasteiger charge is 2.38. The fourth-order valence-corrected chi connectivity index (χ4v) is 4.35. The van der Waals surface area contributed by atoms with Crippen molar-refractivity contribution in [1.82, 2.24) is 10.2 Å². The minimum atomic E-state index is 0.0579. The molecular weight excluding hydrogens is 256 g/mol. The molecule has 1 N–H and O–H groups in total. The predicted octanol–water partition coefficient (Wildman–Crippen LogP) is 2.86. The van der Waals surface area contributed by atoms with Crippen LogP contribution in [0.1, 0.15) is 52.4 Å². The van der Waals surface area contributed by atoms with Crippen LogP contribution in [0.4, 0.5) is 0 Å². The van der Waals surface area contributed by atoms with Gasteiger partial charge in [-0.15, -0.1) is 0 Å². The lowest BCUT2D eigenvalue weighted by molar-refractivity contribution is -0.129. The zero-order valence-electron chi connectivity index (χ0n) is 12.6. The van der Waals surface area contributed by atoms with E-state index in [0.717, 1.165) is 19.6 Å². The number of rotatable bonds is 5. The van der Waals surface area contributed by atoms with Gasteiger partial charge in [0.1, 0.15) is 0 Å². The molecule has 4 heteroatoms. The van der Waals surface area contributed by atoms with E-state index in [1.54, 1.807) is 0 Å². The van der Waals surface area contributed by atoms with Crippen LogP contribution in [-0.2, 0) is 4.79 Å². The smallest absolute Gasteiger partial charge is 0.240 e. The molecule has 2 rings (SSSR count). The van der Waals surface area contributed by atoms with E-state index in [2.05, 4.69) is 30.3 Å². The number of hydrogen-bond acceptors (Lipinski definition) is 3. The molecule has 0 aromatic heterocycles. The van der Waals surface area contributed by atoms with Crippen molar-refractivity contribution in [1.29, 1.82) is 0 Å². The molecule has 1 heterocycles. The number of thioether (sulfide) groups is 1. The monoisotopic (exact) mass is 284 g/mol. The zero-order chi connectivity index (χ0) is 13.9. The summed E-state index contributed by atoms with van der Waals surface area (Å²) in [4.78, 5) is 14.5. The van der Waals surface area contributed by atoms with E-state index in [1.807, 2.05) is 11.8 Å². The Morgan fingerprint density at radius 2 is 2.05 bits per heavy atom. The Morgan fingerprint density at radius 1 is 1.37 bits per heavy atom. The normalized spacial score (nSPS) is 27.3. The Morgan fingerprint density at radius 3 is 2.63 bits per heavy atom. The van der Waals surface area contributed by atoms with E-state index in [1.165, 1.54) is 32.1 Å². The molecule has 0 radical (unpaired) electrons. The molecule has 1 aliphatic heterocycles. The van der Waals surface area contributed by atoms with Crippen molar-refractivity contribution in [3.05, 3.63) is 0 Å². The molecule has 0 aromatic rings. The lowest BCUT2D eigenvalue weighted by Gasteiger charge is -2.38. The Bertz CT molecular complexity index is 313. The van der Waals surface area contributed by atoms with Gasteiger partial charge in [-0.25, -0.2) is 0 Å².